The van der Waals surface area contributed by atoms with Crippen molar-refractivity contribution < 1.29 is 18.0 Å². The topological polar surface area (TPSA) is 72.7 Å². The number of aryl methyl sites for hydroxylation is 1. The zero-order chi connectivity index (χ0) is 19.7. The molecule has 9 heteroatoms. The van der Waals surface area contributed by atoms with E-state index in [9.17, 15) is 18.0 Å². The Morgan fingerprint density at radius 1 is 1.18 bits per heavy atom. The first-order chi connectivity index (χ1) is 13.4. The van der Waals surface area contributed by atoms with E-state index in [-0.39, 0.29) is 11.5 Å². The summed E-state index contributed by atoms with van der Waals surface area (Å²) in [5.41, 5.74) is -0.176. The summed E-state index contributed by atoms with van der Waals surface area (Å²) in [6, 6.07) is 8.14. The number of fused-ring (bicyclic) bond motifs is 1. The highest BCUT2D eigenvalue weighted by molar-refractivity contribution is 6.03. The molecule has 0 saturated heterocycles. The van der Waals surface area contributed by atoms with Gasteiger partial charge < -0.3 is 0 Å². The predicted octanol–water partition coefficient (Wildman–Crippen LogP) is 3.87. The monoisotopic (exact) mass is 387 g/mol. The molecule has 3 aromatic rings. The van der Waals surface area contributed by atoms with E-state index in [0.717, 1.165) is 6.07 Å². The molecule has 0 aliphatic carbocycles. The minimum Gasteiger partial charge on any atom is -0.289 e. The Hall–Kier alpha value is -3.23. The van der Waals surface area contributed by atoms with Crippen molar-refractivity contribution in [2.75, 3.05) is 5.32 Å². The van der Waals surface area contributed by atoms with Crippen LogP contribution >= 0.6 is 0 Å². The van der Waals surface area contributed by atoms with Gasteiger partial charge >= 0.3 is 6.18 Å². The second-order valence-corrected chi connectivity index (χ2v) is 6.49. The molecular formula is C19H16F3N5O. The number of amides is 1. The van der Waals surface area contributed by atoms with Gasteiger partial charge in [0.1, 0.15) is 5.82 Å². The van der Waals surface area contributed by atoms with Crippen LogP contribution < -0.4 is 5.32 Å². The number of nitrogens with one attached hydrogen (secondary N) is 1. The lowest BCUT2D eigenvalue weighted by molar-refractivity contribution is -0.138. The largest absolute Gasteiger partial charge is 0.416 e. The number of aromatic nitrogens is 4. The molecule has 6 nitrogen and oxygen atoms in total. The van der Waals surface area contributed by atoms with Crippen LogP contribution in [0.1, 0.15) is 46.2 Å². The van der Waals surface area contributed by atoms with Crippen LogP contribution in [0.15, 0.2) is 48.8 Å². The number of anilines is 1. The molecule has 1 aromatic carbocycles. The Labute approximate surface area is 158 Å². The van der Waals surface area contributed by atoms with E-state index in [2.05, 4.69) is 20.4 Å². The van der Waals surface area contributed by atoms with Gasteiger partial charge in [0.05, 0.1) is 17.2 Å². The van der Waals surface area contributed by atoms with Crippen LogP contribution in [-0.4, -0.2) is 25.7 Å². The van der Waals surface area contributed by atoms with E-state index in [0.29, 0.717) is 30.7 Å². The van der Waals surface area contributed by atoms with E-state index >= 15 is 0 Å². The first-order valence-electron chi connectivity index (χ1n) is 8.76. The number of carbonyl (C=O) groups is 1. The maximum atomic E-state index is 13.4. The molecule has 0 radical (unpaired) electrons. The number of carbonyl (C=O) groups excluding carboxylic acids is 1. The second-order valence-electron chi connectivity index (χ2n) is 6.49. The molecule has 0 saturated carbocycles. The van der Waals surface area contributed by atoms with Crippen LogP contribution in [0.2, 0.25) is 0 Å². The number of alkyl halides is 3. The molecule has 4 rings (SSSR count). The molecule has 28 heavy (non-hydrogen) atoms. The lowest BCUT2D eigenvalue weighted by Crippen LogP contribution is -2.23. The van der Waals surface area contributed by atoms with Gasteiger partial charge in [-0.2, -0.15) is 18.2 Å². The standard InChI is InChI=1S/C19H16F3N5O/c20-19(21,22)14-7-2-1-6-13(14)15-8-3-9-16-24-18(26-27(15)16)25-17(28)12-5-4-10-23-11-12/h1-2,4-7,10-11,15H,3,8-9H2,(H,25,26,28). The van der Waals surface area contributed by atoms with Crippen molar-refractivity contribution in [3.05, 3.63) is 71.3 Å². The van der Waals surface area contributed by atoms with Gasteiger partial charge in [0.2, 0.25) is 5.95 Å². The van der Waals surface area contributed by atoms with Crippen molar-refractivity contribution in [2.24, 2.45) is 0 Å². The fraction of sp³-hybridized carbons (Fsp3) is 0.263. The molecule has 1 aliphatic rings. The summed E-state index contributed by atoms with van der Waals surface area (Å²) in [5, 5.41) is 6.87. The molecule has 2 aromatic heterocycles. The lowest BCUT2D eigenvalue weighted by atomic mass is 9.93. The number of pyridine rings is 1. The van der Waals surface area contributed by atoms with Crippen molar-refractivity contribution in [1.82, 2.24) is 19.7 Å². The summed E-state index contributed by atoms with van der Waals surface area (Å²) in [5.74, 6) is 0.193. The van der Waals surface area contributed by atoms with Crippen molar-refractivity contribution in [3.63, 3.8) is 0 Å². The summed E-state index contributed by atoms with van der Waals surface area (Å²) in [6.45, 7) is 0. The van der Waals surface area contributed by atoms with Crippen LogP contribution in [0, 0.1) is 0 Å². The summed E-state index contributed by atoms with van der Waals surface area (Å²) in [7, 11) is 0. The van der Waals surface area contributed by atoms with Gasteiger partial charge in [0, 0.05) is 18.8 Å². The average Bonchev–Trinajstić information content (AvgIpc) is 3.10. The smallest absolute Gasteiger partial charge is 0.289 e. The maximum Gasteiger partial charge on any atom is 0.416 e. The Morgan fingerprint density at radius 2 is 2.00 bits per heavy atom. The third-order valence-electron chi connectivity index (χ3n) is 4.65. The third kappa shape index (κ3) is 3.47. The molecule has 1 N–H and O–H groups in total. The average molecular weight is 387 g/mol. The Bertz CT molecular complexity index is 1000. The number of hydrogen-bond acceptors (Lipinski definition) is 4. The van der Waals surface area contributed by atoms with Crippen molar-refractivity contribution >= 4 is 11.9 Å². The first kappa shape index (κ1) is 18.1. The van der Waals surface area contributed by atoms with E-state index in [4.69, 9.17) is 0 Å². The summed E-state index contributed by atoms with van der Waals surface area (Å²) in [4.78, 5) is 20.5. The van der Waals surface area contributed by atoms with Crippen LogP contribution in [0.25, 0.3) is 0 Å². The van der Waals surface area contributed by atoms with Crippen molar-refractivity contribution in [1.29, 1.82) is 0 Å². The fourth-order valence-electron chi connectivity index (χ4n) is 3.41. The molecule has 0 spiro atoms. The summed E-state index contributed by atoms with van der Waals surface area (Å²) >= 11 is 0. The highest BCUT2D eigenvalue weighted by atomic mass is 19.4. The Balaban J connectivity index is 1.66. The van der Waals surface area contributed by atoms with E-state index < -0.39 is 23.7 Å². The van der Waals surface area contributed by atoms with Crippen LogP contribution in [-0.2, 0) is 12.6 Å². The van der Waals surface area contributed by atoms with Gasteiger partial charge in [-0.3, -0.25) is 15.1 Å². The first-order valence-corrected chi connectivity index (χ1v) is 8.76. The second kappa shape index (κ2) is 7.06. The van der Waals surface area contributed by atoms with E-state index in [1.165, 1.54) is 23.0 Å². The van der Waals surface area contributed by atoms with Crippen molar-refractivity contribution in [3.8, 4) is 0 Å². The van der Waals surface area contributed by atoms with Gasteiger partial charge in [-0.25, -0.2) is 4.68 Å². The third-order valence-corrected chi connectivity index (χ3v) is 4.65. The highest BCUT2D eigenvalue weighted by Crippen LogP contribution is 2.39. The van der Waals surface area contributed by atoms with E-state index in [1.807, 2.05) is 0 Å². The van der Waals surface area contributed by atoms with E-state index in [1.54, 1.807) is 24.4 Å². The molecule has 1 amide bonds. The molecule has 0 bridgehead atoms. The van der Waals surface area contributed by atoms with Gasteiger partial charge in [0.15, 0.2) is 0 Å². The number of halogens is 3. The van der Waals surface area contributed by atoms with Crippen molar-refractivity contribution in [2.45, 2.75) is 31.5 Å². The van der Waals surface area contributed by atoms with Crippen LogP contribution in [0.5, 0.6) is 0 Å². The number of nitrogens with zero attached hydrogens (tertiary/aromatic N) is 4. The van der Waals surface area contributed by atoms with Crippen LogP contribution in [0.3, 0.4) is 0 Å². The quantitative estimate of drug-likeness (QED) is 0.741. The zero-order valence-electron chi connectivity index (χ0n) is 14.6. The zero-order valence-corrected chi connectivity index (χ0v) is 14.6. The number of rotatable bonds is 3. The molecule has 3 heterocycles. The van der Waals surface area contributed by atoms with Crippen LogP contribution in [0.4, 0.5) is 19.1 Å². The van der Waals surface area contributed by atoms with Gasteiger partial charge in [-0.1, -0.05) is 18.2 Å². The SMILES string of the molecule is O=C(Nc1nc2n(n1)C(c1ccccc1C(F)(F)F)CCC2)c1cccnc1. The van der Waals surface area contributed by atoms with Gasteiger partial charge in [-0.15, -0.1) is 5.10 Å². The molecule has 1 atom stereocenters. The normalized spacial score (nSPS) is 16.5. The molecule has 0 fully saturated rings. The minimum absolute atomic E-state index is 0.0697. The molecule has 1 unspecified atom stereocenters. The number of benzene rings is 1. The molecular weight excluding hydrogens is 371 g/mol. The fourth-order valence-corrected chi connectivity index (χ4v) is 3.41. The molecule has 144 valence electrons. The molecule has 1 aliphatic heterocycles. The summed E-state index contributed by atoms with van der Waals surface area (Å²) in [6.07, 6.45) is 0.290. The van der Waals surface area contributed by atoms with Gasteiger partial charge in [0.25, 0.3) is 5.91 Å². The Kier molecular flexibility index (Phi) is 4.58. The maximum absolute atomic E-state index is 13.4. The minimum atomic E-state index is -4.45. The number of hydrogen-bond donors (Lipinski definition) is 1. The highest BCUT2D eigenvalue weighted by Gasteiger charge is 2.37. The van der Waals surface area contributed by atoms with Gasteiger partial charge in [-0.05, 0) is 36.6 Å². The Morgan fingerprint density at radius 3 is 2.75 bits per heavy atom. The lowest BCUT2D eigenvalue weighted by Gasteiger charge is -2.26. The predicted molar refractivity (Wildman–Crippen MR) is 94.7 cm³/mol. The summed E-state index contributed by atoms with van der Waals surface area (Å²) < 4.78 is 41.8.